The molecule has 0 spiro atoms. The van der Waals surface area contributed by atoms with Crippen LogP contribution in [0.25, 0.3) is 0 Å². The number of carbonyl (C=O) groups is 1. The third kappa shape index (κ3) is 3.45. The molecule has 0 N–H and O–H groups in total. The van der Waals surface area contributed by atoms with Gasteiger partial charge in [-0.25, -0.2) is 0 Å². The standard InChI is InChI=1S/C18H23N3O2/c1-13-5-4-6-16(11-13)12-20-7-9-21(10-8-20)18(22)17-14(2)19-23-15(17)3/h4-6,11H,7-10,12H2,1-3H3. The van der Waals surface area contributed by atoms with Gasteiger partial charge in [-0.2, -0.15) is 0 Å². The lowest BCUT2D eigenvalue weighted by Crippen LogP contribution is -2.48. The zero-order valence-electron chi connectivity index (χ0n) is 14.0. The minimum absolute atomic E-state index is 0.0384. The fraction of sp³-hybridized carbons (Fsp3) is 0.444. The molecule has 1 saturated heterocycles. The molecule has 0 radical (unpaired) electrons. The number of aromatic nitrogens is 1. The SMILES string of the molecule is Cc1cccc(CN2CCN(C(=O)c3c(C)noc3C)CC2)c1. The molecule has 0 aliphatic carbocycles. The molecule has 0 unspecified atom stereocenters. The highest BCUT2D eigenvalue weighted by Crippen LogP contribution is 2.17. The number of hydrogen-bond donors (Lipinski definition) is 0. The number of aryl methyl sites for hydroxylation is 3. The van der Waals surface area contributed by atoms with Crippen molar-refractivity contribution in [2.75, 3.05) is 26.2 Å². The van der Waals surface area contributed by atoms with Gasteiger partial charge in [0, 0.05) is 32.7 Å². The van der Waals surface area contributed by atoms with Gasteiger partial charge in [-0.3, -0.25) is 9.69 Å². The summed E-state index contributed by atoms with van der Waals surface area (Å²) in [6, 6.07) is 8.60. The second-order valence-electron chi connectivity index (χ2n) is 6.26. The molecule has 0 bridgehead atoms. The average Bonchev–Trinajstić information content (AvgIpc) is 2.86. The van der Waals surface area contributed by atoms with Gasteiger partial charge in [0.2, 0.25) is 0 Å². The van der Waals surface area contributed by atoms with E-state index < -0.39 is 0 Å². The molecule has 5 nitrogen and oxygen atoms in total. The first kappa shape index (κ1) is 15.7. The first-order valence-corrected chi connectivity index (χ1v) is 8.04. The van der Waals surface area contributed by atoms with Gasteiger partial charge in [-0.05, 0) is 26.3 Å². The Morgan fingerprint density at radius 1 is 1.17 bits per heavy atom. The molecule has 5 heteroatoms. The van der Waals surface area contributed by atoms with Crippen LogP contribution in [0.5, 0.6) is 0 Å². The Morgan fingerprint density at radius 2 is 1.91 bits per heavy atom. The monoisotopic (exact) mass is 313 g/mol. The molecule has 1 aromatic carbocycles. The van der Waals surface area contributed by atoms with Gasteiger partial charge in [0.05, 0.1) is 5.69 Å². The molecule has 2 aromatic rings. The quantitative estimate of drug-likeness (QED) is 0.874. The number of nitrogens with zero attached hydrogens (tertiary/aromatic N) is 3. The Morgan fingerprint density at radius 3 is 2.52 bits per heavy atom. The summed E-state index contributed by atoms with van der Waals surface area (Å²) < 4.78 is 5.11. The van der Waals surface area contributed by atoms with Crippen LogP contribution >= 0.6 is 0 Å². The van der Waals surface area contributed by atoms with Gasteiger partial charge >= 0.3 is 0 Å². The van der Waals surface area contributed by atoms with Crippen LogP contribution in [0, 0.1) is 20.8 Å². The van der Waals surface area contributed by atoms with E-state index in [-0.39, 0.29) is 5.91 Å². The highest BCUT2D eigenvalue weighted by Gasteiger charge is 2.26. The maximum atomic E-state index is 12.6. The molecule has 1 aromatic heterocycles. The third-order valence-corrected chi connectivity index (χ3v) is 4.40. The van der Waals surface area contributed by atoms with E-state index in [0.29, 0.717) is 17.0 Å². The summed E-state index contributed by atoms with van der Waals surface area (Å²) in [5.41, 5.74) is 3.91. The molecule has 3 rings (SSSR count). The van der Waals surface area contributed by atoms with Crippen LogP contribution in [0.4, 0.5) is 0 Å². The highest BCUT2D eigenvalue weighted by molar-refractivity contribution is 5.96. The number of rotatable bonds is 3. The summed E-state index contributed by atoms with van der Waals surface area (Å²) in [6.45, 7) is 9.94. The van der Waals surface area contributed by atoms with Crippen molar-refractivity contribution in [1.29, 1.82) is 0 Å². The summed E-state index contributed by atoms with van der Waals surface area (Å²) >= 11 is 0. The minimum atomic E-state index is 0.0384. The molecular formula is C18H23N3O2. The Hall–Kier alpha value is -2.14. The van der Waals surface area contributed by atoms with E-state index in [9.17, 15) is 4.79 Å². The third-order valence-electron chi connectivity index (χ3n) is 4.40. The lowest BCUT2D eigenvalue weighted by molar-refractivity contribution is 0.0626. The lowest BCUT2D eigenvalue weighted by Gasteiger charge is -2.34. The summed E-state index contributed by atoms with van der Waals surface area (Å²) in [7, 11) is 0. The van der Waals surface area contributed by atoms with Crippen molar-refractivity contribution in [3.05, 3.63) is 52.4 Å². The van der Waals surface area contributed by atoms with Crippen LogP contribution in [0.3, 0.4) is 0 Å². The van der Waals surface area contributed by atoms with Gasteiger partial charge in [-0.15, -0.1) is 0 Å². The maximum Gasteiger partial charge on any atom is 0.259 e. The Bertz CT molecular complexity index is 681. The molecule has 1 fully saturated rings. The smallest absolute Gasteiger partial charge is 0.259 e. The molecule has 122 valence electrons. The van der Waals surface area contributed by atoms with Crippen LogP contribution < -0.4 is 0 Å². The van der Waals surface area contributed by atoms with E-state index in [0.717, 1.165) is 32.7 Å². The molecule has 2 heterocycles. The van der Waals surface area contributed by atoms with Crippen LogP contribution in [0.15, 0.2) is 28.8 Å². The topological polar surface area (TPSA) is 49.6 Å². The number of amides is 1. The predicted molar refractivity (Wildman–Crippen MR) is 88.3 cm³/mol. The fourth-order valence-corrected chi connectivity index (χ4v) is 3.12. The van der Waals surface area contributed by atoms with Crippen molar-refractivity contribution in [1.82, 2.24) is 15.0 Å². The predicted octanol–water partition coefficient (Wildman–Crippen LogP) is 2.56. The van der Waals surface area contributed by atoms with Gasteiger partial charge in [-0.1, -0.05) is 35.0 Å². The van der Waals surface area contributed by atoms with Crippen molar-refractivity contribution >= 4 is 5.91 Å². The summed E-state index contributed by atoms with van der Waals surface area (Å²) in [4.78, 5) is 16.9. The van der Waals surface area contributed by atoms with Crippen molar-refractivity contribution in [2.45, 2.75) is 27.3 Å². The molecule has 1 aliphatic heterocycles. The summed E-state index contributed by atoms with van der Waals surface area (Å²) in [6.07, 6.45) is 0. The van der Waals surface area contributed by atoms with Crippen LogP contribution in [0.2, 0.25) is 0 Å². The highest BCUT2D eigenvalue weighted by atomic mass is 16.5. The maximum absolute atomic E-state index is 12.6. The number of carbonyl (C=O) groups excluding carboxylic acids is 1. The molecule has 1 amide bonds. The second-order valence-corrected chi connectivity index (χ2v) is 6.26. The van der Waals surface area contributed by atoms with E-state index in [1.54, 1.807) is 6.92 Å². The Kier molecular flexibility index (Phi) is 4.48. The van der Waals surface area contributed by atoms with E-state index in [1.807, 2.05) is 11.8 Å². The zero-order valence-corrected chi connectivity index (χ0v) is 14.0. The van der Waals surface area contributed by atoms with Crippen LogP contribution in [-0.2, 0) is 6.54 Å². The van der Waals surface area contributed by atoms with E-state index in [1.165, 1.54) is 11.1 Å². The van der Waals surface area contributed by atoms with Gasteiger partial charge in [0.1, 0.15) is 11.3 Å². The molecule has 23 heavy (non-hydrogen) atoms. The van der Waals surface area contributed by atoms with Crippen molar-refractivity contribution in [3.63, 3.8) is 0 Å². The van der Waals surface area contributed by atoms with Gasteiger partial charge < -0.3 is 9.42 Å². The van der Waals surface area contributed by atoms with Crippen molar-refractivity contribution in [2.24, 2.45) is 0 Å². The molecular weight excluding hydrogens is 290 g/mol. The number of piperazine rings is 1. The average molecular weight is 313 g/mol. The first-order chi connectivity index (χ1) is 11.0. The van der Waals surface area contributed by atoms with Gasteiger partial charge in [0.15, 0.2) is 0 Å². The molecule has 0 atom stereocenters. The second kappa shape index (κ2) is 6.54. The largest absolute Gasteiger partial charge is 0.361 e. The Labute approximate surface area is 136 Å². The number of hydrogen-bond acceptors (Lipinski definition) is 4. The Balaban J connectivity index is 1.59. The number of benzene rings is 1. The van der Waals surface area contributed by atoms with E-state index in [4.69, 9.17) is 4.52 Å². The van der Waals surface area contributed by atoms with E-state index in [2.05, 4.69) is 41.2 Å². The summed E-state index contributed by atoms with van der Waals surface area (Å²) in [5, 5.41) is 3.88. The van der Waals surface area contributed by atoms with Crippen molar-refractivity contribution in [3.8, 4) is 0 Å². The van der Waals surface area contributed by atoms with E-state index >= 15 is 0 Å². The first-order valence-electron chi connectivity index (χ1n) is 8.04. The molecule has 1 aliphatic rings. The van der Waals surface area contributed by atoms with Crippen molar-refractivity contribution < 1.29 is 9.32 Å². The zero-order chi connectivity index (χ0) is 16.4. The fourth-order valence-electron chi connectivity index (χ4n) is 3.12. The normalized spacial score (nSPS) is 15.9. The summed E-state index contributed by atoms with van der Waals surface area (Å²) in [5.74, 6) is 0.645. The minimum Gasteiger partial charge on any atom is -0.361 e. The lowest BCUT2D eigenvalue weighted by atomic mass is 10.1. The molecule has 0 saturated carbocycles. The van der Waals surface area contributed by atoms with Gasteiger partial charge in [0.25, 0.3) is 5.91 Å². The van der Waals surface area contributed by atoms with Crippen LogP contribution in [0.1, 0.15) is 32.9 Å². The van der Waals surface area contributed by atoms with Crippen LogP contribution in [-0.4, -0.2) is 47.0 Å².